The average molecular weight is 468 g/mol. The maximum atomic E-state index is 12.3. The molecule has 0 aromatic carbocycles. The van der Waals surface area contributed by atoms with Gasteiger partial charge in [0.05, 0.1) is 28.5 Å². The number of carbonyl (C=O) groups is 1. The lowest BCUT2D eigenvalue weighted by molar-refractivity contribution is -0.275. The monoisotopic (exact) mass is 467 g/mol. The summed E-state index contributed by atoms with van der Waals surface area (Å²) in [6, 6.07) is 0. The smallest absolute Gasteiger partial charge is 0.466 e. The van der Waals surface area contributed by atoms with Gasteiger partial charge in [0.25, 0.3) is 0 Å². The predicted molar refractivity (Wildman–Crippen MR) is 76.6 cm³/mol. The fourth-order valence-electron chi connectivity index (χ4n) is 1.39. The van der Waals surface area contributed by atoms with Gasteiger partial charge < -0.3 is 9.47 Å². The molecule has 0 aliphatic carbocycles. The second-order valence-electron chi connectivity index (χ2n) is 3.52. The van der Waals surface area contributed by atoms with Crippen LogP contribution in [0.1, 0.15) is 18.2 Å². The molecule has 0 unspecified atom stereocenters. The van der Waals surface area contributed by atoms with Crippen molar-refractivity contribution in [3.05, 3.63) is 21.0 Å². The second-order valence-corrected chi connectivity index (χ2v) is 5.16. The third kappa shape index (κ3) is 5.08. The van der Waals surface area contributed by atoms with Crippen LogP contribution in [0.4, 0.5) is 13.2 Å². The molecule has 4 nitrogen and oxygen atoms in total. The van der Waals surface area contributed by atoms with Crippen molar-refractivity contribution in [2.75, 3.05) is 6.61 Å². The highest BCUT2D eigenvalue weighted by molar-refractivity contribution is 14.1. The molecule has 9 heteroatoms. The summed E-state index contributed by atoms with van der Waals surface area (Å²) in [4.78, 5) is 15.4. The molecule has 0 amide bonds. The molecule has 1 aromatic rings. The topological polar surface area (TPSA) is 48.4 Å². The van der Waals surface area contributed by atoms with Crippen LogP contribution in [-0.4, -0.2) is 23.9 Å². The van der Waals surface area contributed by atoms with Crippen LogP contribution in [0, 0.1) is 3.57 Å². The van der Waals surface area contributed by atoms with E-state index in [4.69, 9.17) is 4.74 Å². The van der Waals surface area contributed by atoms with Gasteiger partial charge in [-0.2, -0.15) is 0 Å². The van der Waals surface area contributed by atoms with Crippen LogP contribution < -0.4 is 4.74 Å². The molecule has 0 saturated heterocycles. The van der Waals surface area contributed by atoms with E-state index in [0.717, 1.165) is 6.20 Å². The molecule has 0 spiro atoms. The molecular weight excluding hydrogens is 458 g/mol. The number of esters is 1. The van der Waals surface area contributed by atoms with Gasteiger partial charge in [0.2, 0.25) is 0 Å². The summed E-state index contributed by atoms with van der Waals surface area (Å²) in [6.45, 7) is 1.85. The average Bonchev–Trinajstić information content (AvgIpc) is 2.33. The van der Waals surface area contributed by atoms with E-state index in [0.29, 0.717) is 16.6 Å². The summed E-state index contributed by atoms with van der Waals surface area (Å²) in [5, 5.41) is 0.310. The van der Waals surface area contributed by atoms with Crippen LogP contribution >= 0.6 is 38.5 Å². The van der Waals surface area contributed by atoms with Crippen LogP contribution in [0.5, 0.6) is 5.75 Å². The van der Waals surface area contributed by atoms with E-state index >= 15 is 0 Å². The first-order valence-electron chi connectivity index (χ1n) is 5.42. The van der Waals surface area contributed by atoms with E-state index < -0.39 is 18.1 Å². The number of rotatable bonds is 5. The van der Waals surface area contributed by atoms with Crippen LogP contribution in [0.15, 0.2) is 6.20 Å². The minimum atomic E-state index is -4.81. The summed E-state index contributed by atoms with van der Waals surface area (Å²) in [7, 11) is 0. The molecular formula is C11H10BrF3INO3. The number of pyridine rings is 1. The Labute approximate surface area is 135 Å². The first kappa shape index (κ1) is 17.5. The van der Waals surface area contributed by atoms with Gasteiger partial charge in [-0.1, -0.05) is 15.9 Å². The Bertz CT molecular complexity index is 497. The zero-order valence-corrected chi connectivity index (χ0v) is 14.0. The fourth-order valence-corrected chi connectivity index (χ4v) is 2.63. The predicted octanol–water partition coefficient (Wildman–Crippen LogP) is 3.59. The van der Waals surface area contributed by atoms with Gasteiger partial charge >= 0.3 is 12.3 Å². The van der Waals surface area contributed by atoms with Crippen molar-refractivity contribution in [1.82, 2.24) is 4.98 Å². The van der Waals surface area contributed by atoms with Crippen molar-refractivity contribution in [1.29, 1.82) is 0 Å². The Kier molecular flexibility index (Phi) is 6.49. The summed E-state index contributed by atoms with van der Waals surface area (Å²) < 4.78 is 45.7. The minimum Gasteiger partial charge on any atom is -0.466 e. The number of ether oxygens (including phenoxy) is 2. The summed E-state index contributed by atoms with van der Waals surface area (Å²) in [5.74, 6) is -0.958. The summed E-state index contributed by atoms with van der Waals surface area (Å²) in [6.07, 6.45) is -3.98. The molecule has 1 aromatic heterocycles. The van der Waals surface area contributed by atoms with E-state index in [-0.39, 0.29) is 16.6 Å². The SMILES string of the molecule is CCOC(=O)Cc1c(CBr)ncc(OC(F)(F)F)c1I. The number of alkyl halides is 4. The zero-order valence-electron chi connectivity index (χ0n) is 10.3. The molecule has 0 aliphatic heterocycles. The fraction of sp³-hybridized carbons (Fsp3) is 0.455. The number of nitrogens with zero attached hydrogens (tertiary/aromatic N) is 1. The standard InChI is InChI=1S/C11H10BrF3INO3/c1-2-19-9(18)3-6-7(4-12)17-5-8(10(6)16)20-11(13,14)15/h5H,2-4H2,1H3. The van der Waals surface area contributed by atoms with Crippen molar-refractivity contribution < 1.29 is 27.4 Å². The van der Waals surface area contributed by atoms with Crippen LogP contribution in [-0.2, 0) is 21.3 Å². The summed E-state index contributed by atoms with van der Waals surface area (Å²) >= 11 is 4.87. The van der Waals surface area contributed by atoms with Crippen molar-refractivity contribution in [3.63, 3.8) is 0 Å². The largest absolute Gasteiger partial charge is 0.573 e. The van der Waals surface area contributed by atoms with Gasteiger partial charge in [-0.3, -0.25) is 9.78 Å². The van der Waals surface area contributed by atoms with Crippen LogP contribution in [0.3, 0.4) is 0 Å². The van der Waals surface area contributed by atoms with Crippen molar-refractivity contribution in [2.24, 2.45) is 0 Å². The van der Waals surface area contributed by atoms with Gasteiger partial charge in [0.15, 0.2) is 5.75 Å². The van der Waals surface area contributed by atoms with Crippen molar-refractivity contribution >= 4 is 44.5 Å². The maximum absolute atomic E-state index is 12.3. The Balaban J connectivity index is 3.12. The van der Waals surface area contributed by atoms with Gasteiger partial charge in [-0.15, -0.1) is 13.2 Å². The highest BCUT2D eigenvalue weighted by Crippen LogP contribution is 2.31. The van der Waals surface area contributed by atoms with Gasteiger partial charge in [0, 0.05) is 10.9 Å². The van der Waals surface area contributed by atoms with Crippen molar-refractivity contribution in [3.8, 4) is 5.75 Å². The maximum Gasteiger partial charge on any atom is 0.573 e. The molecule has 1 heterocycles. The second kappa shape index (κ2) is 7.43. The van der Waals surface area contributed by atoms with E-state index in [1.807, 2.05) is 0 Å². The van der Waals surface area contributed by atoms with Crippen LogP contribution in [0.25, 0.3) is 0 Å². The lowest BCUT2D eigenvalue weighted by Crippen LogP contribution is -2.19. The highest BCUT2D eigenvalue weighted by Gasteiger charge is 2.33. The summed E-state index contributed by atoms with van der Waals surface area (Å²) in [5.41, 5.74) is 0.833. The Morgan fingerprint density at radius 1 is 1.50 bits per heavy atom. The molecule has 0 N–H and O–H groups in total. The number of hydrogen-bond donors (Lipinski definition) is 0. The molecule has 20 heavy (non-hydrogen) atoms. The molecule has 0 saturated carbocycles. The molecule has 0 radical (unpaired) electrons. The molecule has 1 rings (SSSR count). The van der Waals surface area contributed by atoms with Gasteiger partial charge in [-0.25, -0.2) is 0 Å². The molecule has 0 fully saturated rings. The highest BCUT2D eigenvalue weighted by atomic mass is 127. The van der Waals surface area contributed by atoms with E-state index in [1.54, 1.807) is 29.5 Å². The van der Waals surface area contributed by atoms with E-state index in [1.165, 1.54) is 0 Å². The van der Waals surface area contributed by atoms with E-state index in [2.05, 4.69) is 25.7 Å². The normalized spacial score (nSPS) is 11.3. The third-order valence-corrected chi connectivity index (χ3v) is 3.86. The van der Waals surface area contributed by atoms with Crippen LogP contribution in [0.2, 0.25) is 0 Å². The molecule has 0 aliphatic rings. The van der Waals surface area contributed by atoms with Crippen molar-refractivity contribution in [2.45, 2.75) is 25.0 Å². The molecule has 0 bridgehead atoms. The quantitative estimate of drug-likeness (QED) is 0.377. The lowest BCUT2D eigenvalue weighted by atomic mass is 10.1. The zero-order chi connectivity index (χ0) is 15.3. The molecule has 0 atom stereocenters. The number of aromatic nitrogens is 1. The number of hydrogen-bond acceptors (Lipinski definition) is 4. The van der Waals surface area contributed by atoms with Gasteiger partial charge in [-0.05, 0) is 29.5 Å². The Morgan fingerprint density at radius 3 is 2.65 bits per heavy atom. The number of carbonyl (C=O) groups excluding carboxylic acids is 1. The Morgan fingerprint density at radius 2 is 2.15 bits per heavy atom. The lowest BCUT2D eigenvalue weighted by Gasteiger charge is -2.14. The van der Waals surface area contributed by atoms with E-state index in [9.17, 15) is 18.0 Å². The Hall–Kier alpha value is -0.580. The van der Waals surface area contributed by atoms with Gasteiger partial charge in [0.1, 0.15) is 0 Å². The number of halogens is 5. The first-order valence-corrected chi connectivity index (χ1v) is 7.62. The molecule has 112 valence electrons. The third-order valence-electron chi connectivity index (χ3n) is 2.15. The minimum absolute atomic E-state index is 0.158. The first-order chi connectivity index (χ1) is 9.28.